The first-order chi connectivity index (χ1) is 11.6. The average molecular weight is 326 g/mol. The zero-order valence-electron chi connectivity index (χ0n) is 13.8. The van der Waals surface area contributed by atoms with Crippen LogP contribution in [0.5, 0.6) is 0 Å². The minimum Gasteiger partial charge on any atom is -0.379 e. The summed E-state index contributed by atoms with van der Waals surface area (Å²) >= 11 is 0. The molecule has 2 heterocycles. The van der Waals surface area contributed by atoms with Gasteiger partial charge in [-0.05, 0) is 36.6 Å². The maximum Gasteiger partial charge on any atom is 0.251 e. The van der Waals surface area contributed by atoms with Crippen LogP contribution >= 0.6 is 0 Å². The van der Waals surface area contributed by atoms with E-state index in [2.05, 4.69) is 11.0 Å². The highest BCUT2D eigenvalue weighted by molar-refractivity contribution is 5.80. The van der Waals surface area contributed by atoms with E-state index in [1.807, 2.05) is 6.07 Å². The number of piperidine rings is 1. The van der Waals surface area contributed by atoms with E-state index in [1.165, 1.54) is 0 Å². The number of nitrogens with zero attached hydrogens (tertiary/aromatic N) is 3. The number of nitriles is 1. The molecule has 126 valence electrons. The third-order valence-electron chi connectivity index (χ3n) is 4.76. The zero-order valence-corrected chi connectivity index (χ0v) is 13.8. The van der Waals surface area contributed by atoms with E-state index in [4.69, 9.17) is 15.7 Å². The van der Waals surface area contributed by atoms with Crippen molar-refractivity contribution in [1.82, 2.24) is 9.47 Å². The van der Waals surface area contributed by atoms with E-state index in [0.29, 0.717) is 12.1 Å². The largest absolute Gasteiger partial charge is 0.379 e. The number of methoxy groups -OCH3 is 1. The Morgan fingerprint density at radius 1 is 1.33 bits per heavy atom. The summed E-state index contributed by atoms with van der Waals surface area (Å²) in [6, 6.07) is 11.0. The fourth-order valence-electron chi connectivity index (χ4n) is 3.28. The first kappa shape index (κ1) is 16.7. The SMILES string of the molecule is CO[C@H]1CN(CCn2c(=O)ccc3ccc(C#N)cc32)CC[C@@H]1N. The Hall–Kier alpha value is -2.20. The first-order valence-corrected chi connectivity index (χ1v) is 8.17. The molecule has 0 aliphatic carbocycles. The molecule has 2 N–H and O–H groups in total. The van der Waals surface area contributed by atoms with Gasteiger partial charge in [-0.15, -0.1) is 0 Å². The van der Waals surface area contributed by atoms with Crippen molar-refractivity contribution in [2.75, 3.05) is 26.7 Å². The summed E-state index contributed by atoms with van der Waals surface area (Å²) in [5, 5.41) is 10.1. The van der Waals surface area contributed by atoms with E-state index in [0.717, 1.165) is 37.0 Å². The zero-order chi connectivity index (χ0) is 17.1. The van der Waals surface area contributed by atoms with Crippen molar-refractivity contribution in [2.45, 2.75) is 25.1 Å². The van der Waals surface area contributed by atoms with Gasteiger partial charge in [0.05, 0.1) is 23.3 Å². The van der Waals surface area contributed by atoms with Crippen LogP contribution in [0.4, 0.5) is 0 Å². The molecule has 3 rings (SSSR count). The minimum absolute atomic E-state index is 0.0354. The molecule has 1 aliphatic rings. The Morgan fingerprint density at radius 2 is 2.12 bits per heavy atom. The van der Waals surface area contributed by atoms with Gasteiger partial charge in [-0.25, -0.2) is 0 Å². The fraction of sp³-hybridized carbons (Fsp3) is 0.444. The molecule has 24 heavy (non-hydrogen) atoms. The molecule has 1 fully saturated rings. The lowest BCUT2D eigenvalue weighted by atomic mass is 10.0. The second-order valence-electron chi connectivity index (χ2n) is 6.24. The van der Waals surface area contributed by atoms with Crippen molar-refractivity contribution in [3.63, 3.8) is 0 Å². The van der Waals surface area contributed by atoms with Crippen molar-refractivity contribution in [3.05, 3.63) is 46.2 Å². The van der Waals surface area contributed by atoms with Crippen LogP contribution in [0, 0.1) is 11.3 Å². The van der Waals surface area contributed by atoms with Crippen molar-refractivity contribution < 1.29 is 4.74 Å². The maximum absolute atomic E-state index is 12.3. The summed E-state index contributed by atoms with van der Waals surface area (Å²) in [4.78, 5) is 14.6. The summed E-state index contributed by atoms with van der Waals surface area (Å²) in [6.07, 6.45) is 0.926. The van der Waals surface area contributed by atoms with Gasteiger partial charge >= 0.3 is 0 Å². The Bertz CT molecular complexity index is 824. The number of fused-ring (bicyclic) bond motifs is 1. The number of rotatable bonds is 4. The average Bonchev–Trinajstić information content (AvgIpc) is 2.61. The molecule has 1 aliphatic heterocycles. The summed E-state index contributed by atoms with van der Waals surface area (Å²) in [7, 11) is 1.69. The molecular formula is C18H22N4O2. The van der Waals surface area contributed by atoms with Gasteiger partial charge in [0.15, 0.2) is 0 Å². The summed E-state index contributed by atoms with van der Waals surface area (Å²) in [5.41, 5.74) is 7.37. The summed E-state index contributed by atoms with van der Waals surface area (Å²) < 4.78 is 7.18. The van der Waals surface area contributed by atoms with Crippen LogP contribution in [0.25, 0.3) is 10.9 Å². The Morgan fingerprint density at radius 3 is 2.88 bits per heavy atom. The molecule has 0 amide bonds. The number of likely N-dealkylation sites (tertiary alicyclic amines) is 1. The third-order valence-corrected chi connectivity index (χ3v) is 4.76. The lowest BCUT2D eigenvalue weighted by Gasteiger charge is -2.36. The molecule has 1 saturated heterocycles. The molecule has 6 heteroatoms. The number of nitrogens with two attached hydrogens (primary N) is 1. The van der Waals surface area contributed by atoms with Crippen LogP contribution in [0.1, 0.15) is 12.0 Å². The van der Waals surface area contributed by atoms with Crippen LogP contribution in [0.3, 0.4) is 0 Å². The van der Waals surface area contributed by atoms with Crippen molar-refractivity contribution in [1.29, 1.82) is 5.26 Å². The highest BCUT2D eigenvalue weighted by atomic mass is 16.5. The van der Waals surface area contributed by atoms with Crippen LogP contribution < -0.4 is 11.3 Å². The third kappa shape index (κ3) is 3.34. The molecule has 1 aromatic heterocycles. The van der Waals surface area contributed by atoms with Gasteiger partial charge in [-0.2, -0.15) is 5.26 Å². The van der Waals surface area contributed by atoms with Gasteiger partial charge in [0, 0.05) is 38.9 Å². The topological polar surface area (TPSA) is 84.3 Å². The lowest BCUT2D eigenvalue weighted by molar-refractivity contribution is 0.0158. The van der Waals surface area contributed by atoms with Gasteiger partial charge in [0.1, 0.15) is 0 Å². The van der Waals surface area contributed by atoms with E-state index < -0.39 is 0 Å². The predicted octanol–water partition coefficient (Wildman–Crippen LogP) is 0.921. The minimum atomic E-state index is -0.0467. The molecule has 2 aromatic rings. The van der Waals surface area contributed by atoms with Crippen LogP contribution in [-0.4, -0.2) is 48.4 Å². The van der Waals surface area contributed by atoms with Crippen LogP contribution in [0.15, 0.2) is 35.1 Å². The van der Waals surface area contributed by atoms with E-state index in [9.17, 15) is 4.79 Å². The standard InChI is InChI=1S/C18H22N4O2/c1-24-17-12-21(7-6-15(17)20)8-9-22-16-10-13(11-19)2-3-14(16)4-5-18(22)23/h2-5,10,15,17H,6-9,12,20H2,1H3/t15-,17-/m0/s1. The number of benzene rings is 1. The fourth-order valence-corrected chi connectivity index (χ4v) is 3.28. The van der Waals surface area contributed by atoms with Crippen LogP contribution in [0.2, 0.25) is 0 Å². The number of hydrogen-bond acceptors (Lipinski definition) is 5. The van der Waals surface area contributed by atoms with Gasteiger partial charge in [-0.1, -0.05) is 6.07 Å². The Labute approximate surface area is 141 Å². The van der Waals surface area contributed by atoms with Gasteiger partial charge < -0.3 is 15.0 Å². The second-order valence-corrected chi connectivity index (χ2v) is 6.24. The summed E-state index contributed by atoms with van der Waals surface area (Å²) in [5.74, 6) is 0. The molecule has 0 unspecified atom stereocenters. The molecule has 0 spiro atoms. The Kier molecular flexibility index (Phi) is 4.95. The maximum atomic E-state index is 12.3. The molecule has 0 saturated carbocycles. The highest BCUT2D eigenvalue weighted by Crippen LogP contribution is 2.15. The summed E-state index contributed by atoms with van der Waals surface area (Å²) in [6.45, 7) is 3.02. The van der Waals surface area contributed by atoms with E-state index in [1.54, 1.807) is 35.9 Å². The van der Waals surface area contributed by atoms with Gasteiger partial charge in [0.25, 0.3) is 5.56 Å². The number of pyridine rings is 1. The second kappa shape index (κ2) is 7.14. The van der Waals surface area contributed by atoms with Crippen molar-refractivity contribution >= 4 is 10.9 Å². The molecule has 0 radical (unpaired) electrons. The molecule has 0 bridgehead atoms. The Balaban J connectivity index is 1.81. The first-order valence-electron chi connectivity index (χ1n) is 8.17. The quantitative estimate of drug-likeness (QED) is 0.903. The lowest BCUT2D eigenvalue weighted by Crippen LogP contribution is -2.52. The van der Waals surface area contributed by atoms with Gasteiger partial charge in [-0.3, -0.25) is 9.69 Å². The molecular weight excluding hydrogens is 304 g/mol. The highest BCUT2D eigenvalue weighted by Gasteiger charge is 2.26. The predicted molar refractivity (Wildman–Crippen MR) is 92.8 cm³/mol. The van der Waals surface area contributed by atoms with Crippen molar-refractivity contribution in [3.8, 4) is 6.07 Å². The normalized spacial score (nSPS) is 21.7. The van der Waals surface area contributed by atoms with Crippen LogP contribution in [-0.2, 0) is 11.3 Å². The number of hydrogen-bond donors (Lipinski definition) is 1. The van der Waals surface area contributed by atoms with E-state index in [-0.39, 0.29) is 17.7 Å². The van der Waals surface area contributed by atoms with Crippen molar-refractivity contribution in [2.24, 2.45) is 5.73 Å². The molecule has 2 atom stereocenters. The van der Waals surface area contributed by atoms with Gasteiger partial charge in [0.2, 0.25) is 0 Å². The van der Waals surface area contributed by atoms with E-state index >= 15 is 0 Å². The monoisotopic (exact) mass is 326 g/mol. The number of aromatic nitrogens is 1. The molecule has 6 nitrogen and oxygen atoms in total. The number of ether oxygens (including phenoxy) is 1. The molecule has 1 aromatic carbocycles. The smallest absolute Gasteiger partial charge is 0.251 e.